The number of urea groups is 1. The van der Waals surface area contributed by atoms with Gasteiger partial charge in [-0.15, -0.1) is 0 Å². The summed E-state index contributed by atoms with van der Waals surface area (Å²) in [6.07, 6.45) is 0. The topological polar surface area (TPSA) is 98.7 Å². The number of phenols is 1. The van der Waals surface area contributed by atoms with Gasteiger partial charge < -0.3 is 20.8 Å². The van der Waals surface area contributed by atoms with Gasteiger partial charge in [-0.2, -0.15) is 0 Å². The standard InChI is InChI=1S/C11H14N2O4/c1-6(2)12-11(17)13-7-3-4-9(14)8(5-7)10(15)16/h3-6,14H,1-2H3,(H,15,16)(H2,12,13,17). The maximum absolute atomic E-state index is 11.4. The predicted molar refractivity (Wildman–Crippen MR) is 62.4 cm³/mol. The fourth-order valence-electron chi connectivity index (χ4n) is 1.21. The molecule has 1 aromatic rings. The first-order chi connectivity index (χ1) is 7.90. The summed E-state index contributed by atoms with van der Waals surface area (Å²) in [5.74, 6) is -1.59. The van der Waals surface area contributed by atoms with Crippen molar-refractivity contribution in [3.8, 4) is 5.75 Å². The predicted octanol–water partition coefficient (Wildman–Crippen LogP) is 1.62. The molecule has 0 bridgehead atoms. The largest absolute Gasteiger partial charge is 0.507 e. The van der Waals surface area contributed by atoms with Gasteiger partial charge in [-0.25, -0.2) is 9.59 Å². The molecule has 17 heavy (non-hydrogen) atoms. The molecule has 2 amide bonds. The van der Waals surface area contributed by atoms with Crippen LogP contribution in [0.4, 0.5) is 10.5 Å². The Labute approximate surface area is 98.3 Å². The number of aromatic carboxylic acids is 1. The smallest absolute Gasteiger partial charge is 0.339 e. The molecule has 0 aliphatic carbocycles. The van der Waals surface area contributed by atoms with Gasteiger partial charge in [0.1, 0.15) is 11.3 Å². The minimum Gasteiger partial charge on any atom is -0.507 e. The van der Waals surface area contributed by atoms with Gasteiger partial charge in [0.25, 0.3) is 0 Å². The first kappa shape index (κ1) is 12.8. The molecular weight excluding hydrogens is 224 g/mol. The van der Waals surface area contributed by atoms with Crippen molar-refractivity contribution in [1.82, 2.24) is 5.32 Å². The Kier molecular flexibility index (Phi) is 3.92. The molecule has 1 rings (SSSR count). The van der Waals surface area contributed by atoms with E-state index in [1.54, 1.807) is 13.8 Å². The third kappa shape index (κ3) is 3.67. The van der Waals surface area contributed by atoms with Crippen LogP contribution in [0.2, 0.25) is 0 Å². The number of carbonyl (C=O) groups excluding carboxylic acids is 1. The first-order valence-electron chi connectivity index (χ1n) is 5.04. The molecule has 6 nitrogen and oxygen atoms in total. The van der Waals surface area contributed by atoms with E-state index in [4.69, 9.17) is 5.11 Å². The molecule has 0 aromatic heterocycles. The first-order valence-corrected chi connectivity index (χ1v) is 5.04. The highest BCUT2D eigenvalue weighted by atomic mass is 16.4. The van der Waals surface area contributed by atoms with E-state index >= 15 is 0 Å². The summed E-state index contributed by atoms with van der Waals surface area (Å²) in [4.78, 5) is 22.1. The molecule has 0 unspecified atom stereocenters. The molecule has 0 spiro atoms. The van der Waals surface area contributed by atoms with Crippen molar-refractivity contribution in [2.45, 2.75) is 19.9 Å². The number of carboxylic acids is 1. The summed E-state index contributed by atoms with van der Waals surface area (Å²) < 4.78 is 0. The second kappa shape index (κ2) is 5.20. The summed E-state index contributed by atoms with van der Waals surface area (Å²) in [5.41, 5.74) is 0.0469. The zero-order valence-corrected chi connectivity index (χ0v) is 9.52. The Balaban J connectivity index is 2.82. The fourth-order valence-corrected chi connectivity index (χ4v) is 1.21. The normalized spacial score (nSPS) is 10.1. The number of hydrogen-bond donors (Lipinski definition) is 4. The summed E-state index contributed by atoms with van der Waals surface area (Å²) >= 11 is 0. The number of nitrogens with one attached hydrogen (secondary N) is 2. The zero-order valence-electron chi connectivity index (χ0n) is 9.52. The summed E-state index contributed by atoms with van der Waals surface area (Å²) in [5, 5.41) is 23.1. The van der Waals surface area contributed by atoms with E-state index in [0.29, 0.717) is 5.69 Å². The van der Waals surface area contributed by atoms with Crippen molar-refractivity contribution in [3.63, 3.8) is 0 Å². The third-order valence-corrected chi connectivity index (χ3v) is 1.90. The number of hydrogen-bond acceptors (Lipinski definition) is 3. The van der Waals surface area contributed by atoms with Gasteiger partial charge >= 0.3 is 12.0 Å². The number of benzene rings is 1. The molecule has 0 heterocycles. The minimum absolute atomic E-state index is 0.0222. The van der Waals surface area contributed by atoms with Gasteiger partial charge in [-0.3, -0.25) is 0 Å². The van der Waals surface area contributed by atoms with Crippen LogP contribution in [-0.4, -0.2) is 28.3 Å². The maximum atomic E-state index is 11.4. The number of carboxylic acid groups (broad SMARTS) is 1. The summed E-state index contributed by atoms with van der Waals surface area (Å²) in [6, 6.07) is 3.38. The van der Waals surface area contributed by atoms with E-state index in [1.165, 1.54) is 18.2 Å². The second-order valence-electron chi connectivity index (χ2n) is 3.79. The van der Waals surface area contributed by atoms with Gasteiger partial charge in [-0.1, -0.05) is 0 Å². The van der Waals surface area contributed by atoms with E-state index in [-0.39, 0.29) is 17.4 Å². The lowest BCUT2D eigenvalue weighted by atomic mass is 10.2. The van der Waals surface area contributed by atoms with Crippen molar-refractivity contribution in [2.24, 2.45) is 0 Å². The molecule has 1 aromatic carbocycles. The van der Waals surface area contributed by atoms with Gasteiger partial charge in [-0.05, 0) is 32.0 Å². The van der Waals surface area contributed by atoms with Gasteiger partial charge in [0.05, 0.1) is 0 Å². The number of aromatic hydroxyl groups is 1. The SMILES string of the molecule is CC(C)NC(=O)Nc1ccc(O)c(C(=O)O)c1. The fraction of sp³-hybridized carbons (Fsp3) is 0.273. The molecule has 92 valence electrons. The zero-order chi connectivity index (χ0) is 13.0. The van der Waals surface area contributed by atoms with Crippen molar-refractivity contribution in [1.29, 1.82) is 0 Å². The Hall–Kier alpha value is -2.24. The van der Waals surface area contributed by atoms with Crippen LogP contribution in [0.3, 0.4) is 0 Å². The molecule has 0 saturated heterocycles. The van der Waals surface area contributed by atoms with Crippen LogP contribution in [0, 0.1) is 0 Å². The van der Waals surface area contributed by atoms with Gasteiger partial charge in [0.2, 0.25) is 0 Å². The van der Waals surface area contributed by atoms with Crippen molar-refractivity contribution in [2.75, 3.05) is 5.32 Å². The monoisotopic (exact) mass is 238 g/mol. The average molecular weight is 238 g/mol. The van der Waals surface area contributed by atoms with Crippen LogP contribution in [-0.2, 0) is 0 Å². The molecule has 0 atom stereocenters. The molecule has 0 aliphatic rings. The van der Waals surface area contributed by atoms with Crippen molar-refractivity contribution >= 4 is 17.7 Å². The Morgan fingerprint density at radius 2 is 1.94 bits per heavy atom. The maximum Gasteiger partial charge on any atom is 0.339 e. The third-order valence-electron chi connectivity index (χ3n) is 1.90. The Morgan fingerprint density at radius 1 is 1.29 bits per heavy atom. The van der Waals surface area contributed by atoms with Crippen LogP contribution in [0.25, 0.3) is 0 Å². The van der Waals surface area contributed by atoms with E-state index in [0.717, 1.165) is 0 Å². The molecule has 0 radical (unpaired) electrons. The van der Waals surface area contributed by atoms with Crippen LogP contribution in [0.1, 0.15) is 24.2 Å². The Bertz CT molecular complexity index is 443. The molecule has 0 aliphatic heterocycles. The highest BCUT2D eigenvalue weighted by molar-refractivity contribution is 5.95. The van der Waals surface area contributed by atoms with Crippen LogP contribution < -0.4 is 10.6 Å². The van der Waals surface area contributed by atoms with Gasteiger partial charge in [0.15, 0.2) is 0 Å². The highest BCUT2D eigenvalue weighted by Gasteiger charge is 2.11. The molecule has 0 saturated carbocycles. The lowest BCUT2D eigenvalue weighted by Crippen LogP contribution is -2.34. The summed E-state index contributed by atoms with van der Waals surface area (Å²) in [6.45, 7) is 3.61. The van der Waals surface area contributed by atoms with E-state index in [2.05, 4.69) is 10.6 Å². The molecule has 4 N–H and O–H groups in total. The number of anilines is 1. The number of rotatable bonds is 3. The lowest BCUT2D eigenvalue weighted by molar-refractivity contribution is 0.0693. The van der Waals surface area contributed by atoms with Crippen LogP contribution in [0.15, 0.2) is 18.2 Å². The van der Waals surface area contributed by atoms with E-state index < -0.39 is 12.0 Å². The molecule has 0 fully saturated rings. The lowest BCUT2D eigenvalue weighted by Gasteiger charge is -2.10. The van der Waals surface area contributed by atoms with Crippen molar-refractivity contribution < 1.29 is 19.8 Å². The van der Waals surface area contributed by atoms with Crippen LogP contribution in [0.5, 0.6) is 5.75 Å². The van der Waals surface area contributed by atoms with E-state index in [9.17, 15) is 14.7 Å². The highest BCUT2D eigenvalue weighted by Crippen LogP contribution is 2.21. The average Bonchev–Trinajstić information content (AvgIpc) is 2.19. The quantitative estimate of drug-likeness (QED) is 0.601. The molecule has 6 heteroatoms. The second-order valence-corrected chi connectivity index (χ2v) is 3.79. The van der Waals surface area contributed by atoms with Crippen LogP contribution >= 0.6 is 0 Å². The summed E-state index contributed by atoms with van der Waals surface area (Å²) in [7, 11) is 0. The Morgan fingerprint density at radius 3 is 2.47 bits per heavy atom. The molecular formula is C11H14N2O4. The minimum atomic E-state index is -1.25. The van der Waals surface area contributed by atoms with Crippen molar-refractivity contribution in [3.05, 3.63) is 23.8 Å². The van der Waals surface area contributed by atoms with E-state index in [1.807, 2.05) is 0 Å². The van der Waals surface area contributed by atoms with Gasteiger partial charge in [0, 0.05) is 11.7 Å². The number of carbonyl (C=O) groups is 2. The number of amides is 2.